The van der Waals surface area contributed by atoms with E-state index >= 15 is 0 Å². The van der Waals surface area contributed by atoms with Gasteiger partial charge in [-0.3, -0.25) is 0 Å². The van der Waals surface area contributed by atoms with Crippen molar-refractivity contribution in [3.63, 3.8) is 0 Å². The lowest BCUT2D eigenvalue weighted by molar-refractivity contribution is 0.00578. The van der Waals surface area contributed by atoms with E-state index in [0.29, 0.717) is 0 Å². The third kappa shape index (κ3) is 4.13. The molecule has 0 amide bonds. The van der Waals surface area contributed by atoms with Gasteiger partial charge in [-0.15, -0.1) is 0 Å². The quantitative estimate of drug-likeness (QED) is 0.684. The second-order valence-electron chi connectivity index (χ2n) is 9.14. The zero-order valence-electron chi connectivity index (χ0n) is 17.7. The van der Waals surface area contributed by atoms with Gasteiger partial charge in [0.15, 0.2) is 0 Å². The minimum atomic E-state index is -1.82. The molecular formula is C23H31BO2Si. The second-order valence-corrected chi connectivity index (χ2v) is 13.5. The minimum absolute atomic E-state index is 0.347. The molecule has 0 bridgehead atoms. The molecule has 1 heterocycles. The molecule has 0 aliphatic carbocycles. The number of benzene rings is 2. The Morgan fingerprint density at radius 2 is 1.37 bits per heavy atom. The van der Waals surface area contributed by atoms with Gasteiger partial charge in [-0.25, -0.2) is 0 Å². The van der Waals surface area contributed by atoms with Crippen molar-refractivity contribution < 1.29 is 9.31 Å². The van der Waals surface area contributed by atoms with Gasteiger partial charge in [0, 0.05) is 0 Å². The summed E-state index contributed by atoms with van der Waals surface area (Å²) >= 11 is 0. The van der Waals surface area contributed by atoms with Crippen LogP contribution in [0.25, 0.3) is 5.47 Å². The van der Waals surface area contributed by atoms with Crippen LogP contribution >= 0.6 is 0 Å². The van der Waals surface area contributed by atoms with Crippen molar-refractivity contribution in [1.82, 2.24) is 0 Å². The molecule has 1 aliphatic rings. The molecule has 2 nitrogen and oxygen atoms in total. The van der Waals surface area contributed by atoms with Gasteiger partial charge in [0.05, 0.1) is 11.2 Å². The van der Waals surface area contributed by atoms with Gasteiger partial charge in [0.1, 0.15) is 8.07 Å². The summed E-state index contributed by atoms with van der Waals surface area (Å²) in [7, 11) is -2.17. The fourth-order valence-corrected chi connectivity index (χ4v) is 5.64. The van der Waals surface area contributed by atoms with Gasteiger partial charge in [-0.2, -0.15) is 0 Å². The maximum absolute atomic E-state index is 6.42. The van der Waals surface area contributed by atoms with Crippen molar-refractivity contribution in [2.24, 2.45) is 0 Å². The molecule has 0 saturated carbocycles. The second kappa shape index (κ2) is 7.08. The van der Waals surface area contributed by atoms with Crippen LogP contribution in [0.3, 0.4) is 0 Å². The molecule has 142 valence electrons. The Labute approximate surface area is 165 Å². The van der Waals surface area contributed by atoms with Crippen molar-refractivity contribution in [2.75, 3.05) is 0 Å². The molecule has 2 aromatic rings. The van der Waals surface area contributed by atoms with Crippen LogP contribution in [0.2, 0.25) is 13.1 Å². The van der Waals surface area contributed by atoms with Crippen LogP contribution < -0.4 is 5.19 Å². The zero-order valence-corrected chi connectivity index (χ0v) is 18.7. The van der Waals surface area contributed by atoms with E-state index in [1.54, 1.807) is 0 Å². The highest BCUT2D eigenvalue weighted by Gasteiger charge is 2.52. The van der Waals surface area contributed by atoms with Crippen LogP contribution in [-0.4, -0.2) is 26.4 Å². The summed E-state index contributed by atoms with van der Waals surface area (Å²) < 4.78 is 12.8. The lowest BCUT2D eigenvalue weighted by Crippen LogP contribution is -2.41. The van der Waals surface area contributed by atoms with Gasteiger partial charge in [0.2, 0.25) is 0 Å². The molecule has 0 radical (unpaired) electrons. The summed E-state index contributed by atoms with van der Waals surface area (Å²) in [5.74, 6) is 0. The highest BCUT2D eigenvalue weighted by atomic mass is 28.3. The first-order valence-electron chi connectivity index (χ1n) is 9.73. The molecule has 1 fully saturated rings. The standard InChI is InChI=1S/C23H31BO2Si/c1-18-13-15-19(16-14-18)21(24-25-22(2,3)23(4,5)26-24)17-27(6,7)20-11-9-8-10-12-20/h8-17H,1-7H3/b21-17-. The van der Waals surface area contributed by atoms with Crippen molar-refractivity contribution in [1.29, 1.82) is 0 Å². The molecule has 0 N–H and O–H groups in total. The molecule has 1 aliphatic heterocycles. The molecule has 4 heteroatoms. The van der Waals surface area contributed by atoms with Crippen LogP contribution in [-0.2, 0) is 9.31 Å². The molecule has 3 rings (SSSR count). The Bertz CT molecular complexity index is 807. The summed E-state index contributed by atoms with van der Waals surface area (Å²) in [6.07, 6.45) is 0. The van der Waals surface area contributed by atoms with Crippen LogP contribution in [0.15, 0.2) is 60.3 Å². The topological polar surface area (TPSA) is 18.5 Å². The smallest absolute Gasteiger partial charge is 0.399 e. The van der Waals surface area contributed by atoms with Crippen LogP contribution in [0.5, 0.6) is 0 Å². The lowest BCUT2D eigenvalue weighted by Gasteiger charge is -2.32. The predicted molar refractivity (Wildman–Crippen MR) is 119 cm³/mol. The van der Waals surface area contributed by atoms with Crippen LogP contribution in [0.1, 0.15) is 38.8 Å². The van der Waals surface area contributed by atoms with Gasteiger partial charge in [0.25, 0.3) is 0 Å². The fourth-order valence-electron chi connectivity index (χ4n) is 3.34. The molecule has 2 aromatic carbocycles. The third-order valence-corrected chi connectivity index (χ3v) is 8.78. The van der Waals surface area contributed by atoms with Crippen molar-refractivity contribution in [3.05, 3.63) is 71.4 Å². The van der Waals surface area contributed by atoms with Crippen LogP contribution in [0.4, 0.5) is 0 Å². The van der Waals surface area contributed by atoms with E-state index in [4.69, 9.17) is 9.31 Å². The van der Waals surface area contributed by atoms with E-state index in [1.165, 1.54) is 16.3 Å². The molecule has 0 aromatic heterocycles. The van der Waals surface area contributed by atoms with Gasteiger partial charge < -0.3 is 9.31 Å². The maximum atomic E-state index is 6.42. The molecule has 0 atom stereocenters. The summed E-state index contributed by atoms with van der Waals surface area (Å²) in [6.45, 7) is 15.3. The number of rotatable bonds is 4. The average Bonchev–Trinajstić information content (AvgIpc) is 2.82. The van der Waals surface area contributed by atoms with Crippen molar-refractivity contribution in [2.45, 2.75) is 58.9 Å². The first kappa shape index (κ1) is 20.1. The van der Waals surface area contributed by atoms with Gasteiger partial charge >= 0.3 is 7.12 Å². The fraction of sp³-hybridized carbons (Fsp3) is 0.391. The Balaban J connectivity index is 2.07. The number of hydrogen-bond acceptors (Lipinski definition) is 2. The Hall–Kier alpha value is -1.62. The lowest BCUT2D eigenvalue weighted by atomic mass is 9.75. The average molecular weight is 378 g/mol. The Morgan fingerprint density at radius 3 is 1.89 bits per heavy atom. The summed E-state index contributed by atoms with van der Waals surface area (Å²) in [5.41, 5.74) is 5.32. The molecule has 27 heavy (non-hydrogen) atoms. The van der Waals surface area contributed by atoms with E-state index in [9.17, 15) is 0 Å². The Kier molecular flexibility index (Phi) is 5.28. The zero-order chi connectivity index (χ0) is 19.9. The highest BCUT2D eigenvalue weighted by Crippen LogP contribution is 2.41. The largest absolute Gasteiger partial charge is 0.494 e. The molecule has 1 saturated heterocycles. The summed E-state index contributed by atoms with van der Waals surface area (Å²) in [5, 5.41) is 1.41. The van der Waals surface area contributed by atoms with Gasteiger partial charge in [-0.1, -0.05) is 84.1 Å². The SMILES string of the molecule is Cc1ccc(/C(=C/[Si](C)(C)c2ccccc2)B2OC(C)(C)C(C)(C)O2)cc1. The van der Waals surface area contributed by atoms with E-state index in [-0.39, 0.29) is 18.3 Å². The number of aryl methyl sites for hydroxylation is 1. The molecule has 0 unspecified atom stereocenters. The molecular weight excluding hydrogens is 347 g/mol. The summed E-state index contributed by atoms with van der Waals surface area (Å²) in [6, 6.07) is 19.5. The Morgan fingerprint density at radius 1 is 0.852 bits per heavy atom. The van der Waals surface area contributed by atoms with Gasteiger partial charge in [-0.05, 0) is 45.7 Å². The number of hydrogen-bond donors (Lipinski definition) is 0. The van der Waals surface area contributed by atoms with Crippen molar-refractivity contribution in [3.8, 4) is 0 Å². The van der Waals surface area contributed by atoms with E-state index < -0.39 is 8.07 Å². The van der Waals surface area contributed by atoms with Crippen molar-refractivity contribution >= 4 is 25.9 Å². The highest BCUT2D eigenvalue weighted by molar-refractivity contribution is 6.96. The normalized spacial score (nSPS) is 19.4. The maximum Gasteiger partial charge on any atom is 0.494 e. The van der Waals surface area contributed by atoms with E-state index in [0.717, 1.165) is 5.47 Å². The minimum Gasteiger partial charge on any atom is -0.399 e. The summed E-state index contributed by atoms with van der Waals surface area (Å²) in [4.78, 5) is 0. The first-order chi connectivity index (χ1) is 12.5. The predicted octanol–water partition coefficient (Wildman–Crippen LogP) is 5.16. The first-order valence-corrected chi connectivity index (χ1v) is 12.8. The van der Waals surface area contributed by atoms with Crippen LogP contribution in [0, 0.1) is 6.92 Å². The van der Waals surface area contributed by atoms with E-state index in [1.807, 2.05) is 0 Å². The third-order valence-electron chi connectivity index (χ3n) is 5.93. The molecule has 0 spiro atoms. The van der Waals surface area contributed by atoms with E-state index in [2.05, 4.69) is 108 Å². The monoisotopic (exact) mass is 378 g/mol.